The number of benzene rings is 1. The van der Waals surface area contributed by atoms with Crippen molar-refractivity contribution in [3.8, 4) is 11.5 Å². The van der Waals surface area contributed by atoms with E-state index in [1.54, 1.807) is 24.1 Å². The highest BCUT2D eigenvalue weighted by Crippen LogP contribution is 2.33. The van der Waals surface area contributed by atoms with Gasteiger partial charge in [-0.1, -0.05) is 0 Å². The molecule has 0 aromatic heterocycles. The van der Waals surface area contributed by atoms with Gasteiger partial charge in [-0.3, -0.25) is 9.59 Å². The number of nitrogens with two attached hydrogens (primary N) is 1. The molecule has 1 atom stereocenters. The summed E-state index contributed by atoms with van der Waals surface area (Å²) in [5, 5.41) is 2.82. The number of hydrogen-bond donors (Lipinski definition) is 2. The van der Waals surface area contributed by atoms with Crippen molar-refractivity contribution in [3.63, 3.8) is 0 Å². The zero-order chi connectivity index (χ0) is 19.9. The molecule has 2 fully saturated rings. The smallest absolute Gasteiger partial charge is 0.254 e. The van der Waals surface area contributed by atoms with Crippen LogP contribution in [0.4, 0.5) is 0 Å². The molecule has 1 aliphatic heterocycles. The van der Waals surface area contributed by atoms with Crippen molar-refractivity contribution in [3.05, 3.63) is 23.8 Å². The van der Waals surface area contributed by atoms with Gasteiger partial charge in [0.1, 0.15) is 0 Å². The summed E-state index contributed by atoms with van der Waals surface area (Å²) in [5.41, 5.74) is 6.00. The van der Waals surface area contributed by atoms with E-state index < -0.39 is 0 Å². The molecule has 3 rings (SSSR count). The fourth-order valence-corrected chi connectivity index (χ4v) is 3.98. The van der Waals surface area contributed by atoms with Crippen LogP contribution in [0.3, 0.4) is 0 Å². The molecule has 1 saturated carbocycles. The second kappa shape index (κ2) is 9.78. The summed E-state index contributed by atoms with van der Waals surface area (Å²) in [6.45, 7) is 1.96. The van der Waals surface area contributed by atoms with Gasteiger partial charge in [0.05, 0.1) is 19.1 Å². The van der Waals surface area contributed by atoms with Crippen LogP contribution in [-0.2, 0) is 4.79 Å². The Morgan fingerprint density at radius 1 is 1.18 bits per heavy atom. The first-order valence-corrected chi connectivity index (χ1v) is 10.2. The topological polar surface area (TPSA) is 93.9 Å². The molecule has 1 unspecified atom stereocenters. The van der Waals surface area contributed by atoms with Crippen LogP contribution in [0, 0.1) is 5.92 Å². The molecule has 0 radical (unpaired) electrons. The van der Waals surface area contributed by atoms with Crippen LogP contribution in [0.5, 0.6) is 11.5 Å². The molecule has 2 aliphatic rings. The van der Waals surface area contributed by atoms with Crippen LogP contribution < -0.4 is 20.5 Å². The number of likely N-dealkylation sites (tertiary alicyclic amines) is 1. The molecule has 3 N–H and O–H groups in total. The zero-order valence-electron chi connectivity index (χ0n) is 16.6. The molecular weight excluding hydrogens is 358 g/mol. The molecule has 0 spiro atoms. The van der Waals surface area contributed by atoms with Gasteiger partial charge in [-0.25, -0.2) is 0 Å². The van der Waals surface area contributed by atoms with Gasteiger partial charge < -0.3 is 25.4 Å². The number of rotatable bonds is 7. The number of methoxy groups -OCH3 is 1. The van der Waals surface area contributed by atoms with E-state index in [2.05, 4.69) is 5.32 Å². The Bertz CT molecular complexity index is 688. The minimum atomic E-state index is -0.184. The van der Waals surface area contributed by atoms with Crippen molar-refractivity contribution in [2.75, 3.05) is 33.3 Å². The van der Waals surface area contributed by atoms with Gasteiger partial charge in [0.2, 0.25) is 5.91 Å². The summed E-state index contributed by atoms with van der Waals surface area (Å²) in [4.78, 5) is 27.0. The lowest BCUT2D eigenvalue weighted by Gasteiger charge is -2.32. The summed E-state index contributed by atoms with van der Waals surface area (Å²) < 4.78 is 11.5. The summed E-state index contributed by atoms with van der Waals surface area (Å²) in [7, 11) is 1.59. The Morgan fingerprint density at radius 2 is 1.96 bits per heavy atom. The Hall–Kier alpha value is -2.28. The molecule has 2 amide bonds. The third-order valence-electron chi connectivity index (χ3n) is 5.53. The molecule has 1 heterocycles. The van der Waals surface area contributed by atoms with Crippen LogP contribution in [0.15, 0.2) is 18.2 Å². The van der Waals surface area contributed by atoms with E-state index in [9.17, 15) is 9.59 Å². The minimum Gasteiger partial charge on any atom is -0.493 e. The van der Waals surface area contributed by atoms with Gasteiger partial charge in [0, 0.05) is 31.7 Å². The van der Waals surface area contributed by atoms with Gasteiger partial charge in [0.15, 0.2) is 11.5 Å². The predicted octanol–water partition coefficient (Wildman–Crippen LogP) is 1.94. The lowest BCUT2D eigenvalue weighted by atomic mass is 9.96. The number of ether oxygens (including phenoxy) is 2. The molecule has 28 heavy (non-hydrogen) atoms. The number of amides is 2. The first-order valence-electron chi connectivity index (χ1n) is 10.2. The van der Waals surface area contributed by atoms with Crippen molar-refractivity contribution in [1.82, 2.24) is 10.2 Å². The molecule has 1 aliphatic carbocycles. The first-order chi connectivity index (χ1) is 13.6. The maximum atomic E-state index is 13.0. The number of nitrogens with one attached hydrogen (secondary N) is 1. The molecule has 1 saturated heterocycles. The van der Waals surface area contributed by atoms with Crippen LogP contribution in [0.2, 0.25) is 0 Å². The largest absolute Gasteiger partial charge is 0.493 e. The molecule has 7 heteroatoms. The van der Waals surface area contributed by atoms with Crippen LogP contribution in [0.1, 0.15) is 48.9 Å². The van der Waals surface area contributed by atoms with E-state index in [1.807, 2.05) is 6.07 Å². The summed E-state index contributed by atoms with van der Waals surface area (Å²) >= 11 is 0. The number of hydrogen-bond acceptors (Lipinski definition) is 5. The number of carbonyl (C=O) groups is 2. The van der Waals surface area contributed by atoms with Gasteiger partial charge in [-0.05, 0) is 56.7 Å². The van der Waals surface area contributed by atoms with E-state index in [0.717, 1.165) is 25.7 Å². The van der Waals surface area contributed by atoms with Crippen molar-refractivity contribution < 1.29 is 19.1 Å². The molecule has 1 aromatic carbocycles. The fraction of sp³-hybridized carbons (Fsp3) is 0.619. The molecule has 154 valence electrons. The molecule has 7 nitrogen and oxygen atoms in total. The highest BCUT2D eigenvalue weighted by atomic mass is 16.5. The third kappa shape index (κ3) is 4.95. The van der Waals surface area contributed by atoms with Crippen LogP contribution in [-0.4, -0.2) is 56.1 Å². The van der Waals surface area contributed by atoms with Crippen molar-refractivity contribution in [2.45, 2.75) is 44.6 Å². The third-order valence-corrected chi connectivity index (χ3v) is 5.53. The van der Waals surface area contributed by atoms with Crippen molar-refractivity contribution >= 4 is 11.8 Å². The SMILES string of the molecule is COc1cc(C(=O)N2CCCC(C(=O)NCCN)C2)ccc1OC1CCCC1. The molecule has 1 aromatic rings. The van der Waals surface area contributed by atoms with Gasteiger partial charge in [0.25, 0.3) is 5.91 Å². The number of piperidine rings is 1. The van der Waals surface area contributed by atoms with Gasteiger partial charge >= 0.3 is 0 Å². The fourth-order valence-electron chi connectivity index (χ4n) is 3.98. The van der Waals surface area contributed by atoms with Crippen molar-refractivity contribution in [2.24, 2.45) is 11.7 Å². The zero-order valence-corrected chi connectivity index (χ0v) is 16.6. The average Bonchev–Trinajstić information content (AvgIpc) is 3.25. The number of carbonyl (C=O) groups excluding carboxylic acids is 2. The molecule has 0 bridgehead atoms. The number of nitrogens with zero attached hydrogens (tertiary/aromatic N) is 1. The van der Waals surface area contributed by atoms with E-state index in [0.29, 0.717) is 43.2 Å². The predicted molar refractivity (Wildman–Crippen MR) is 107 cm³/mol. The first kappa shape index (κ1) is 20.5. The Kier molecular flexibility index (Phi) is 7.14. The van der Waals surface area contributed by atoms with E-state index in [1.165, 1.54) is 12.8 Å². The average molecular weight is 389 g/mol. The van der Waals surface area contributed by atoms with E-state index in [-0.39, 0.29) is 23.8 Å². The maximum Gasteiger partial charge on any atom is 0.254 e. The summed E-state index contributed by atoms with van der Waals surface area (Å²) in [5.74, 6) is 0.967. The lowest BCUT2D eigenvalue weighted by molar-refractivity contribution is -0.126. The Balaban J connectivity index is 1.66. The second-order valence-corrected chi connectivity index (χ2v) is 7.56. The Morgan fingerprint density at radius 3 is 2.68 bits per heavy atom. The van der Waals surface area contributed by atoms with Gasteiger partial charge in [-0.2, -0.15) is 0 Å². The maximum absolute atomic E-state index is 13.0. The normalized spacial score (nSPS) is 20.1. The second-order valence-electron chi connectivity index (χ2n) is 7.56. The Labute approximate surface area is 166 Å². The highest BCUT2D eigenvalue weighted by molar-refractivity contribution is 5.95. The van der Waals surface area contributed by atoms with Crippen LogP contribution >= 0.6 is 0 Å². The van der Waals surface area contributed by atoms with E-state index >= 15 is 0 Å². The summed E-state index contributed by atoms with van der Waals surface area (Å²) in [6, 6.07) is 5.34. The monoisotopic (exact) mass is 389 g/mol. The molecular formula is C21H31N3O4. The van der Waals surface area contributed by atoms with E-state index in [4.69, 9.17) is 15.2 Å². The lowest BCUT2D eigenvalue weighted by Crippen LogP contribution is -2.46. The van der Waals surface area contributed by atoms with Crippen LogP contribution in [0.25, 0.3) is 0 Å². The summed E-state index contributed by atoms with van der Waals surface area (Å²) in [6.07, 6.45) is 6.34. The van der Waals surface area contributed by atoms with Gasteiger partial charge in [-0.15, -0.1) is 0 Å². The quantitative estimate of drug-likeness (QED) is 0.743. The van der Waals surface area contributed by atoms with Crippen molar-refractivity contribution in [1.29, 1.82) is 0 Å². The highest BCUT2D eigenvalue weighted by Gasteiger charge is 2.29. The minimum absolute atomic E-state index is 0.0270. The standard InChI is InChI=1S/C21H31N3O4/c1-27-19-13-15(8-9-18(19)28-17-6-2-3-7-17)21(26)24-12-4-5-16(14-24)20(25)23-11-10-22/h8-9,13,16-17H,2-7,10-12,14,22H2,1H3,(H,23,25).